The Morgan fingerprint density at radius 2 is 0.828 bits per heavy atom. The molecule has 0 saturated heterocycles. The average molecular weight is 893 g/mol. The molecule has 0 saturated carbocycles. The molecule has 2 aromatic heterocycles. The van der Waals surface area contributed by atoms with Crippen molar-refractivity contribution in [3.8, 4) is 21.1 Å². The normalized spacial score (nSPS) is 12.3. The second-order valence-corrected chi connectivity index (χ2v) is 23.1. The summed E-state index contributed by atoms with van der Waals surface area (Å²) in [5.74, 6) is 0. The SMILES string of the molecule is CCO[Si](CCCc1cccc(SSc2cccc(CCC[Si](OCC)(OCC)OCC)c2-c2nc3ccccc3s2)c1-c1nc2ccccc2s1)(OCC)OCC. The number of thiazole rings is 2. The maximum Gasteiger partial charge on any atom is 0.500 e. The summed E-state index contributed by atoms with van der Waals surface area (Å²) in [6.07, 6.45) is 3.48. The zero-order chi connectivity index (χ0) is 40.8. The number of benzene rings is 4. The fourth-order valence-corrected chi connectivity index (χ4v) is 17.2. The minimum Gasteiger partial charge on any atom is -0.374 e. The van der Waals surface area contributed by atoms with Crippen LogP contribution < -0.4 is 0 Å². The monoisotopic (exact) mass is 892 g/mol. The van der Waals surface area contributed by atoms with Crippen LogP contribution in [-0.4, -0.2) is 67.2 Å². The first kappa shape index (κ1) is 45.1. The molecule has 0 radical (unpaired) electrons. The third-order valence-electron chi connectivity index (χ3n) is 9.51. The predicted molar refractivity (Wildman–Crippen MR) is 249 cm³/mol. The summed E-state index contributed by atoms with van der Waals surface area (Å²) in [5, 5.41) is 2.07. The lowest BCUT2D eigenvalue weighted by Gasteiger charge is -2.28. The summed E-state index contributed by atoms with van der Waals surface area (Å²) in [4.78, 5) is 12.8. The fourth-order valence-electron chi connectivity index (χ4n) is 7.24. The zero-order valence-electron chi connectivity index (χ0n) is 34.5. The predicted octanol–water partition coefficient (Wildman–Crippen LogP) is 13.0. The van der Waals surface area contributed by atoms with Gasteiger partial charge in [0.15, 0.2) is 0 Å². The molecule has 0 spiro atoms. The van der Waals surface area contributed by atoms with E-state index in [9.17, 15) is 0 Å². The Balaban J connectivity index is 1.34. The number of rotatable bonds is 25. The van der Waals surface area contributed by atoms with Crippen molar-refractivity contribution in [2.45, 2.75) is 89.1 Å². The van der Waals surface area contributed by atoms with E-state index in [0.717, 1.165) is 58.8 Å². The first-order valence-electron chi connectivity index (χ1n) is 20.5. The molecule has 6 aromatic rings. The summed E-state index contributed by atoms with van der Waals surface area (Å²) in [7, 11) is -1.97. The number of nitrogens with zero attached hydrogens (tertiary/aromatic N) is 2. The lowest BCUT2D eigenvalue weighted by Crippen LogP contribution is -2.46. The van der Waals surface area contributed by atoms with Crippen molar-refractivity contribution in [3.05, 3.63) is 96.1 Å². The minimum atomic E-state index is -2.78. The van der Waals surface area contributed by atoms with Gasteiger partial charge in [-0.1, -0.05) is 70.1 Å². The zero-order valence-corrected chi connectivity index (χ0v) is 39.8. The maximum atomic E-state index is 6.22. The van der Waals surface area contributed by atoms with Crippen LogP contribution in [0.3, 0.4) is 0 Å². The van der Waals surface area contributed by atoms with Gasteiger partial charge in [0.2, 0.25) is 0 Å². The van der Waals surface area contributed by atoms with Crippen molar-refractivity contribution < 1.29 is 26.6 Å². The Bertz CT molecular complexity index is 1950. The molecule has 0 N–H and O–H groups in total. The van der Waals surface area contributed by atoms with Gasteiger partial charge >= 0.3 is 17.6 Å². The van der Waals surface area contributed by atoms with Crippen molar-refractivity contribution in [2.24, 2.45) is 0 Å². The van der Waals surface area contributed by atoms with Gasteiger partial charge in [0.25, 0.3) is 0 Å². The van der Waals surface area contributed by atoms with Crippen molar-refractivity contribution in [3.63, 3.8) is 0 Å². The van der Waals surface area contributed by atoms with E-state index in [2.05, 4.69) is 84.9 Å². The highest BCUT2D eigenvalue weighted by Crippen LogP contribution is 2.49. The fraction of sp³-hybridized carbons (Fsp3) is 0.409. The molecule has 6 rings (SSSR count). The van der Waals surface area contributed by atoms with Crippen LogP contribution >= 0.6 is 44.3 Å². The minimum absolute atomic E-state index is 0.572. The van der Waals surface area contributed by atoms with Crippen molar-refractivity contribution in [2.75, 3.05) is 39.6 Å². The van der Waals surface area contributed by atoms with Crippen LogP contribution in [0.1, 0.15) is 65.5 Å². The summed E-state index contributed by atoms with van der Waals surface area (Å²) in [5.41, 5.74) is 6.96. The number of fused-ring (bicyclic) bond motifs is 2. The van der Waals surface area contributed by atoms with E-state index in [1.54, 1.807) is 44.3 Å². The van der Waals surface area contributed by atoms with Gasteiger partial charge in [-0.25, -0.2) is 9.97 Å². The Hall–Kier alpha value is -2.45. The molecule has 0 unspecified atom stereocenters. The molecule has 14 heteroatoms. The van der Waals surface area contributed by atoms with Gasteiger partial charge in [0, 0.05) is 72.6 Å². The molecule has 0 aliphatic rings. The average Bonchev–Trinajstić information content (AvgIpc) is 3.85. The van der Waals surface area contributed by atoms with E-state index in [-0.39, 0.29) is 0 Å². The molecule has 4 aromatic carbocycles. The van der Waals surface area contributed by atoms with Crippen LogP contribution in [0.2, 0.25) is 12.1 Å². The van der Waals surface area contributed by atoms with E-state index in [1.807, 2.05) is 41.5 Å². The molecule has 0 bridgehead atoms. The third kappa shape index (κ3) is 11.3. The molecule has 0 aliphatic heterocycles. The number of hydrogen-bond acceptors (Lipinski definition) is 12. The number of hydrogen-bond donors (Lipinski definition) is 0. The van der Waals surface area contributed by atoms with Gasteiger partial charge in [-0.15, -0.1) is 22.7 Å². The Morgan fingerprint density at radius 3 is 1.17 bits per heavy atom. The van der Waals surface area contributed by atoms with Crippen LogP contribution in [0.15, 0.2) is 94.7 Å². The largest absolute Gasteiger partial charge is 0.500 e. The highest BCUT2D eigenvalue weighted by Gasteiger charge is 2.40. The Morgan fingerprint density at radius 1 is 0.466 bits per heavy atom. The smallest absolute Gasteiger partial charge is 0.374 e. The standard InChI is InChI=1S/C44H56N2O6S4Si2/c1-7-47-57(48-8-2,49-9-3)31-19-23-33-21-17-29-39(41(33)43-45-35-25-13-15-27-37(35)53-43)55-56-40-30-18-22-34(24-20-32-58(50-10-4,51-11-5)52-12-6)42(40)44-46-36-26-14-16-28-38(36)54-44/h13-18,21-22,25-30H,7-12,19-20,23-24,31-32H2,1-6H3. The summed E-state index contributed by atoms with van der Waals surface area (Å²) in [6.45, 7) is 15.5. The van der Waals surface area contributed by atoms with Crippen molar-refractivity contribution in [1.82, 2.24) is 9.97 Å². The molecular weight excluding hydrogens is 837 g/mol. The lowest BCUT2D eigenvalue weighted by molar-refractivity contribution is 0.0700. The summed E-state index contributed by atoms with van der Waals surface area (Å²) < 4.78 is 39.7. The van der Waals surface area contributed by atoms with Gasteiger partial charge < -0.3 is 26.6 Å². The molecule has 0 atom stereocenters. The second kappa shape index (κ2) is 22.4. The highest BCUT2D eigenvalue weighted by molar-refractivity contribution is 8.76. The van der Waals surface area contributed by atoms with Gasteiger partial charge in [-0.05, 0) is 115 Å². The molecular formula is C44H56N2O6S4Si2. The quantitative estimate of drug-likeness (QED) is 0.0409. The van der Waals surface area contributed by atoms with Gasteiger partial charge in [-0.2, -0.15) is 0 Å². The third-order valence-corrected chi connectivity index (χ3v) is 20.4. The molecule has 58 heavy (non-hydrogen) atoms. The van der Waals surface area contributed by atoms with Crippen LogP contribution in [-0.2, 0) is 39.4 Å². The highest BCUT2D eigenvalue weighted by atomic mass is 33.1. The van der Waals surface area contributed by atoms with Gasteiger partial charge in [0.05, 0.1) is 20.4 Å². The Kier molecular flexibility index (Phi) is 17.4. The molecule has 0 fully saturated rings. The number of para-hydroxylation sites is 2. The van der Waals surface area contributed by atoms with E-state index < -0.39 is 17.6 Å². The van der Waals surface area contributed by atoms with E-state index in [1.165, 1.54) is 41.4 Å². The lowest BCUT2D eigenvalue weighted by atomic mass is 10.0. The summed E-state index contributed by atoms with van der Waals surface area (Å²) >= 11 is 3.51. The van der Waals surface area contributed by atoms with E-state index in [4.69, 9.17) is 36.5 Å². The molecule has 2 heterocycles. The Labute approximate surface area is 362 Å². The van der Waals surface area contributed by atoms with E-state index in [0.29, 0.717) is 39.6 Å². The molecule has 0 amide bonds. The van der Waals surface area contributed by atoms with E-state index >= 15 is 0 Å². The number of aryl methyl sites for hydroxylation is 2. The van der Waals surface area contributed by atoms with Gasteiger partial charge in [-0.3, -0.25) is 0 Å². The summed E-state index contributed by atoms with van der Waals surface area (Å²) in [6, 6.07) is 31.7. The first-order valence-corrected chi connectivity index (χ1v) is 28.2. The van der Waals surface area contributed by atoms with Crippen molar-refractivity contribution in [1.29, 1.82) is 0 Å². The number of aromatic nitrogens is 2. The van der Waals surface area contributed by atoms with Gasteiger partial charge in [0.1, 0.15) is 10.0 Å². The molecule has 8 nitrogen and oxygen atoms in total. The van der Waals surface area contributed by atoms with Crippen molar-refractivity contribution >= 4 is 82.3 Å². The first-order chi connectivity index (χ1) is 28.4. The molecule has 0 aliphatic carbocycles. The second-order valence-electron chi connectivity index (χ2n) is 13.4. The maximum absolute atomic E-state index is 6.22. The topological polar surface area (TPSA) is 81.2 Å². The molecule has 310 valence electrons. The van der Waals surface area contributed by atoms with Crippen LogP contribution in [0.5, 0.6) is 0 Å². The van der Waals surface area contributed by atoms with Crippen LogP contribution in [0, 0.1) is 0 Å². The van der Waals surface area contributed by atoms with Crippen LogP contribution in [0.4, 0.5) is 0 Å². The van der Waals surface area contributed by atoms with Crippen LogP contribution in [0.25, 0.3) is 41.6 Å².